The maximum absolute atomic E-state index is 13.5. The topological polar surface area (TPSA) is 222 Å². The number of carboxylic acid groups (broad SMARTS) is 1. The molecule has 4 N–H and O–H groups in total. The Hall–Kier alpha value is -5.13. The van der Waals surface area contributed by atoms with Gasteiger partial charge in [0.2, 0.25) is 0 Å². The van der Waals surface area contributed by atoms with Crippen LogP contribution in [-0.2, 0) is 33.4 Å². The van der Waals surface area contributed by atoms with Crippen LogP contribution in [0.15, 0.2) is 63.8 Å². The second-order valence-electron chi connectivity index (χ2n) is 10.6. The average molecular weight is 666 g/mol. The number of hydrogen-bond acceptors (Lipinski definition) is 14. The van der Waals surface area contributed by atoms with Crippen LogP contribution in [0.4, 0.5) is 10.7 Å². The number of benzene rings is 2. The predicted octanol–water partition coefficient (Wildman–Crippen LogP) is -1.77. The lowest BCUT2D eigenvalue weighted by Gasteiger charge is -2.34. The Kier molecular flexibility index (Phi) is 12.8. The van der Waals surface area contributed by atoms with Crippen LogP contribution in [0.2, 0.25) is 0 Å². The molecule has 1 fully saturated rings. The first-order chi connectivity index (χ1) is 23.1. The standard InChI is InChI=1S/C32H35N5O11/c38-24-19-25(47-29-22(7-4-8-23(24)29)21-5-2-1-3-6-21)37(15-17-46-18-16-37)32(45)48-31(44)28(42)27(41)30(43)36-14-13-34-10-9-33-11-12-35-20-26(39)40/h1-8,19,33-35H,9-18,20H2,(H-,36,39,40,43). The molecule has 1 aliphatic rings. The smallest absolute Gasteiger partial charge is 0.532 e. The van der Waals surface area contributed by atoms with Crippen molar-refractivity contribution in [2.45, 2.75) is 0 Å². The van der Waals surface area contributed by atoms with Crippen molar-refractivity contribution in [2.75, 3.05) is 72.1 Å². The van der Waals surface area contributed by atoms with Gasteiger partial charge in [-0.3, -0.25) is 19.2 Å². The number of aliphatic carboxylic acids is 1. The second kappa shape index (κ2) is 17.1. The van der Waals surface area contributed by atoms with Crippen molar-refractivity contribution >= 4 is 52.4 Å². The zero-order valence-corrected chi connectivity index (χ0v) is 25.9. The number of para-hydroxylation sites is 1. The molecule has 0 atom stereocenters. The van der Waals surface area contributed by atoms with Crippen molar-refractivity contribution in [3.63, 3.8) is 0 Å². The minimum absolute atomic E-state index is 0.0205. The molecule has 2 amide bonds. The highest BCUT2D eigenvalue weighted by Crippen LogP contribution is 2.33. The van der Waals surface area contributed by atoms with Crippen LogP contribution < -0.4 is 36.3 Å². The van der Waals surface area contributed by atoms with Gasteiger partial charge < -0.3 is 45.1 Å². The zero-order chi connectivity index (χ0) is 34.5. The Labute approximate surface area is 273 Å². The lowest BCUT2D eigenvalue weighted by molar-refractivity contribution is -0.304. The molecule has 0 bridgehead atoms. The van der Waals surface area contributed by atoms with E-state index in [1.807, 2.05) is 30.3 Å². The number of ketones is 2. The van der Waals surface area contributed by atoms with E-state index in [0.717, 1.165) is 11.6 Å². The minimum Gasteiger partial charge on any atom is -0.549 e. The summed E-state index contributed by atoms with van der Waals surface area (Å²) in [6.45, 7) is 1.70. The van der Waals surface area contributed by atoms with E-state index in [1.54, 1.807) is 18.2 Å². The lowest BCUT2D eigenvalue weighted by atomic mass is 10.0. The number of esters is 1. The summed E-state index contributed by atoms with van der Waals surface area (Å²) in [5, 5.41) is 21.5. The molecule has 4 rings (SSSR count). The van der Waals surface area contributed by atoms with Crippen LogP contribution >= 0.6 is 0 Å². The fourth-order valence-electron chi connectivity index (χ4n) is 4.92. The first-order valence-electron chi connectivity index (χ1n) is 15.2. The van der Waals surface area contributed by atoms with Crippen LogP contribution in [0.1, 0.15) is 0 Å². The molecule has 1 aliphatic heterocycles. The van der Waals surface area contributed by atoms with Crippen LogP contribution in [0, 0.1) is 0 Å². The van der Waals surface area contributed by atoms with E-state index in [4.69, 9.17) is 13.9 Å². The summed E-state index contributed by atoms with van der Waals surface area (Å²) in [5.74, 6) is -8.11. The molecule has 1 aromatic heterocycles. The van der Waals surface area contributed by atoms with Gasteiger partial charge in [-0.1, -0.05) is 42.5 Å². The number of hydrogen-bond donors (Lipinski definition) is 4. The molecule has 1 saturated heterocycles. The maximum Gasteiger partial charge on any atom is 0.532 e. The summed E-state index contributed by atoms with van der Waals surface area (Å²) >= 11 is 0. The summed E-state index contributed by atoms with van der Waals surface area (Å²) in [6.07, 6.45) is -1.28. The molecule has 2 heterocycles. The molecule has 2 aromatic carbocycles. The van der Waals surface area contributed by atoms with E-state index in [2.05, 4.69) is 21.3 Å². The lowest BCUT2D eigenvalue weighted by Crippen LogP contribution is -2.61. The van der Waals surface area contributed by atoms with E-state index in [9.17, 15) is 38.7 Å². The maximum atomic E-state index is 13.5. The Morgan fingerprint density at radius 2 is 1.44 bits per heavy atom. The molecule has 16 heteroatoms. The molecule has 48 heavy (non-hydrogen) atoms. The van der Waals surface area contributed by atoms with Gasteiger partial charge in [-0.15, -0.1) is 0 Å². The Morgan fingerprint density at radius 1 is 0.792 bits per heavy atom. The minimum atomic E-state index is -1.85. The van der Waals surface area contributed by atoms with Gasteiger partial charge in [0.25, 0.3) is 11.7 Å². The monoisotopic (exact) mass is 665 g/mol. The molecule has 0 aliphatic carbocycles. The largest absolute Gasteiger partial charge is 0.549 e. The Morgan fingerprint density at radius 3 is 2.10 bits per heavy atom. The highest BCUT2D eigenvalue weighted by molar-refractivity contribution is 6.77. The van der Waals surface area contributed by atoms with Gasteiger partial charge in [-0.25, -0.2) is 4.79 Å². The molecule has 0 saturated carbocycles. The molecule has 0 radical (unpaired) electrons. The summed E-state index contributed by atoms with van der Waals surface area (Å²) < 4.78 is 15.6. The number of carboxylic acids is 1. The van der Waals surface area contributed by atoms with Crippen LogP contribution in [0.3, 0.4) is 0 Å². The van der Waals surface area contributed by atoms with Gasteiger partial charge in [0.1, 0.15) is 13.1 Å². The number of Topliss-reactive ketones (excluding diaryl/α,β-unsaturated/α-hetero) is 2. The number of carbonyl (C=O) groups is 6. The quantitative estimate of drug-likeness (QED) is 0.0438. The van der Waals surface area contributed by atoms with Crippen LogP contribution in [0.5, 0.6) is 0 Å². The van der Waals surface area contributed by atoms with Gasteiger partial charge in [-0.05, 0) is 11.6 Å². The molecule has 254 valence electrons. The van der Waals surface area contributed by atoms with E-state index in [1.165, 1.54) is 0 Å². The van der Waals surface area contributed by atoms with Gasteiger partial charge in [0.15, 0.2) is 11.0 Å². The zero-order valence-electron chi connectivity index (χ0n) is 25.9. The van der Waals surface area contributed by atoms with Crippen LogP contribution in [0.25, 0.3) is 22.1 Å². The third kappa shape index (κ3) is 9.02. The number of nitrogens with one attached hydrogen (secondary N) is 4. The Bertz CT molecular complexity index is 1720. The van der Waals surface area contributed by atoms with Gasteiger partial charge in [-0.2, -0.15) is 9.28 Å². The summed E-state index contributed by atoms with van der Waals surface area (Å²) in [7, 11) is 0. The number of amides is 2. The fourth-order valence-corrected chi connectivity index (χ4v) is 4.92. The third-order valence-corrected chi connectivity index (χ3v) is 7.42. The number of ether oxygens (including phenoxy) is 2. The van der Waals surface area contributed by atoms with Crippen molar-refractivity contribution in [3.8, 4) is 11.1 Å². The SMILES string of the molecule is O=C([O-])CNCCNCCNCCNC(=O)C(=O)C(=O)C(=O)OC(=O)[N+]1(c2cc(=O)c3cccc(-c4ccccc4)c3o2)CCOCC1. The summed E-state index contributed by atoms with van der Waals surface area (Å²) in [6, 6.07) is 15.3. The van der Waals surface area contributed by atoms with Crippen molar-refractivity contribution in [1.29, 1.82) is 0 Å². The summed E-state index contributed by atoms with van der Waals surface area (Å²) in [4.78, 5) is 86.8. The number of nitrogens with zero attached hydrogens (tertiary/aromatic N) is 1. The van der Waals surface area contributed by atoms with E-state index in [0.29, 0.717) is 31.7 Å². The third-order valence-electron chi connectivity index (χ3n) is 7.42. The molecule has 16 nitrogen and oxygen atoms in total. The first-order valence-corrected chi connectivity index (χ1v) is 15.2. The highest BCUT2D eigenvalue weighted by Gasteiger charge is 2.48. The second-order valence-corrected chi connectivity index (χ2v) is 10.6. The average Bonchev–Trinajstić information content (AvgIpc) is 3.10. The first kappa shape index (κ1) is 35.7. The van der Waals surface area contributed by atoms with Gasteiger partial charge >= 0.3 is 23.7 Å². The molecule has 0 unspecified atom stereocenters. The Balaban J connectivity index is 1.36. The molecular weight excluding hydrogens is 630 g/mol. The van der Waals surface area contributed by atoms with Gasteiger partial charge in [0.05, 0.1) is 30.6 Å². The number of carbonyl (C=O) groups excluding carboxylic acids is 6. The highest BCUT2D eigenvalue weighted by atomic mass is 16.6. The normalized spacial score (nSPS) is 13.8. The van der Waals surface area contributed by atoms with Crippen LogP contribution in [-0.4, -0.2) is 108 Å². The number of morpholine rings is 1. The number of rotatable bonds is 16. The number of quaternary nitrogens is 1. The van der Waals surface area contributed by atoms with Gasteiger partial charge in [0, 0.05) is 51.4 Å². The summed E-state index contributed by atoms with van der Waals surface area (Å²) in [5.41, 5.74) is 1.08. The van der Waals surface area contributed by atoms with Crippen molar-refractivity contribution in [3.05, 3.63) is 64.8 Å². The predicted molar refractivity (Wildman–Crippen MR) is 168 cm³/mol. The van der Waals surface area contributed by atoms with Crippen molar-refractivity contribution < 1.29 is 47.8 Å². The van der Waals surface area contributed by atoms with E-state index >= 15 is 0 Å². The molecule has 3 aromatic rings. The van der Waals surface area contributed by atoms with Crippen molar-refractivity contribution in [2.24, 2.45) is 0 Å². The van der Waals surface area contributed by atoms with E-state index in [-0.39, 0.29) is 62.8 Å². The van der Waals surface area contributed by atoms with E-state index < -0.39 is 45.4 Å². The molecule has 0 spiro atoms. The number of fused-ring (bicyclic) bond motifs is 1. The fraction of sp³-hybridized carbons (Fsp3) is 0.344. The van der Waals surface area contributed by atoms with Crippen molar-refractivity contribution in [1.82, 2.24) is 25.8 Å². The molecular formula is C32H35N5O11.